The Morgan fingerprint density at radius 1 is 1.18 bits per heavy atom. The van der Waals surface area contributed by atoms with E-state index in [1.165, 1.54) is 0 Å². The van der Waals surface area contributed by atoms with Gasteiger partial charge in [-0.2, -0.15) is 0 Å². The molecular formula is C12H22O4S. The number of carbonyl (C=O) groups is 1. The van der Waals surface area contributed by atoms with E-state index in [4.69, 9.17) is 0 Å². The van der Waals surface area contributed by atoms with Crippen LogP contribution in [-0.4, -0.2) is 31.0 Å². The van der Waals surface area contributed by atoms with Crippen molar-refractivity contribution in [3.8, 4) is 0 Å². The number of rotatable bonds is 5. The van der Waals surface area contributed by atoms with Crippen LogP contribution in [0.2, 0.25) is 0 Å². The number of sulfone groups is 1. The average Bonchev–Trinajstić information content (AvgIpc) is 2.53. The van der Waals surface area contributed by atoms with Crippen molar-refractivity contribution < 1.29 is 18.3 Å². The maximum absolute atomic E-state index is 11.5. The summed E-state index contributed by atoms with van der Waals surface area (Å²) in [5.41, 5.74) is -0.793. The summed E-state index contributed by atoms with van der Waals surface area (Å²) in [6.07, 6.45) is 5.46. The van der Waals surface area contributed by atoms with Crippen LogP contribution in [0, 0.1) is 5.41 Å². The van der Waals surface area contributed by atoms with Crippen molar-refractivity contribution in [2.24, 2.45) is 5.41 Å². The Balaban J connectivity index is 2.74. The zero-order valence-corrected chi connectivity index (χ0v) is 11.3. The minimum absolute atomic E-state index is 0.00972. The molecule has 1 rings (SSSR count). The quantitative estimate of drug-likeness (QED) is 0.771. The summed E-state index contributed by atoms with van der Waals surface area (Å²) in [6.45, 7) is 1.61. The maximum atomic E-state index is 11.5. The molecule has 0 aromatic carbocycles. The van der Waals surface area contributed by atoms with Gasteiger partial charge in [0.2, 0.25) is 0 Å². The third-order valence-electron chi connectivity index (χ3n) is 3.85. The molecule has 0 aliphatic heterocycles. The van der Waals surface area contributed by atoms with Crippen LogP contribution in [0.15, 0.2) is 0 Å². The van der Waals surface area contributed by atoms with Gasteiger partial charge in [-0.25, -0.2) is 8.42 Å². The first kappa shape index (κ1) is 14.5. The topological polar surface area (TPSA) is 71.4 Å². The zero-order valence-electron chi connectivity index (χ0n) is 10.4. The second-order valence-corrected chi connectivity index (χ2v) is 7.46. The fraction of sp³-hybridized carbons (Fsp3) is 0.917. The van der Waals surface area contributed by atoms with Gasteiger partial charge in [-0.3, -0.25) is 4.79 Å². The average molecular weight is 262 g/mol. The lowest BCUT2D eigenvalue weighted by atomic mass is 9.78. The molecule has 1 aliphatic carbocycles. The molecule has 100 valence electrons. The van der Waals surface area contributed by atoms with Gasteiger partial charge in [-0.15, -0.1) is 0 Å². The molecule has 0 amide bonds. The first-order valence-electron chi connectivity index (χ1n) is 6.36. The number of carboxylic acids is 1. The van der Waals surface area contributed by atoms with E-state index >= 15 is 0 Å². The van der Waals surface area contributed by atoms with Crippen LogP contribution in [0.4, 0.5) is 0 Å². The van der Waals surface area contributed by atoms with Gasteiger partial charge in [0.1, 0.15) is 9.84 Å². The van der Waals surface area contributed by atoms with Gasteiger partial charge in [-0.05, 0) is 19.3 Å². The third-order valence-corrected chi connectivity index (χ3v) is 5.55. The van der Waals surface area contributed by atoms with Crippen LogP contribution < -0.4 is 0 Å². The molecule has 0 bridgehead atoms. The van der Waals surface area contributed by atoms with E-state index in [0.717, 1.165) is 25.7 Å². The van der Waals surface area contributed by atoms with E-state index in [1.54, 1.807) is 6.92 Å². The van der Waals surface area contributed by atoms with Crippen LogP contribution >= 0.6 is 0 Å². The largest absolute Gasteiger partial charge is 0.481 e. The Morgan fingerprint density at radius 2 is 1.71 bits per heavy atom. The van der Waals surface area contributed by atoms with Crippen molar-refractivity contribution >= 4 is 15.8 Å². The van der Waals surface area contributed by atoms with Crippen molar-refractivity contribution in [3.63, 3.8) is 0 Å². The summed E-state index contributed by atoms with van der Waals surface area (Å²) in [5.74, 6) is -0.705. The van der Waals surface area contributed by atoms with Crippen LogP contribution in [0.5, 0.6) is 0 Å². The molecule has 0 aromatic rings. The van der Waals surface area contributed by atoms with E-state index in [9.17, 15) is 18.3 Å². The molecule has 0 aromatic heterocycles. The molecule has 0 radical (unpaired) electrons. The molecule has 0 saturated heterocycles. The van der Waals surface area contributed by atoms with E-state index in [1.807, 2.05) is 0 Å². The number of carboxylic acid groups (broad SMARTS) is 1. The predicted octanol–water partition coefficient (Wildman–Crippen LogP) is 2.24. The van der Waals surface area contributed by atoms with Crippen molar-refractivity contribution in [1.82, 2.24) is 0 Å². The molecule has 4 nitrogen and oxygen atoms in total. The highest BCUT2D eigenvalue weighted by Crippen LogP contribution is 2.38. The maximum Gasteiger partial charge on any atom is 0.309 e. The summed E-state index contributed by atoms with van der Waals surface area (Å²) in [6, 6.07) is 0. The minimum Gasteiger partial charge on any atom is -0.481 e. The highest BCUT2D eigenvalue weighted by Gasteiger charge is 2.39. The smallest absolute Gasteiger partial charge is 0.309 e. The Labute approximate surface area is 103 Å². The van der Waals surface area contributed by atoms with Crippen LogP contribution in [0.3, 0.4) is 0 Å². The lowest BCUT2D eigenvalue weighted by Gasteiger charge is -2.27. The SMILES string of the molecule is CCS(=O)(=O)CCC1(C(=O)O)CCCCCC1. The standard InChI is InChI=1S/C12H22O4S/c1-2-17(15,16)10-9-12(11(13)14)7-5-3-4-6-8-12/h2-10H2,1H3,(H,13,14). The summed E-state index contributed by atoms with van der Waals surface area (Å²) in [4.78, 5) is 11.4. The Bertz CT molecular complexity index is 351. The van der Waals surface area contributed by atoms with Gasteiger partial charge < -0.3 is 5.11 Å². The lowest BCUT2D eigenvalue weighted by molar-refractivity contribution is -0.150. The monoisotopic (exact) mass is 262 g/mol. The highest BCUT2D eigenvalue weighted by molar-refractivity contribution is 7.91. The fourth-order valence-corrected chi connectivity index (χ4v) is 3.46. The summed E-state index contributed by atoms with van der Waals surface area (Å²) in [5, 5.41) is 9.39. The minimum atomic E-state index is -3.07. The molecule has 0 atom stereocenters. The lowest BCUT2D eigenvalue weighted by Crippen LogP contribution is -2.33. The van der Waals surface area contributed by atoms with Crippen molar-refractivity contribution in [1.29, 1.82) is 0 Å². The number of hydrogen-bond donors (Lipinski definition) is 1. The molecule has 17 heavy (non-hydrogen) atoms. The van der Waals surface area contributed by atoms with E-state index < -0.39 is 21.2 Å². The van der Waals surface area contributed by atoms with E-state index in [0.29, 0.717) is 12.8 Å². The molecule has 1 N–H and O–H groups in total. The van der Waals surface area contributed by atoms with Gasteiger partial charge in [-0.1, -0.05) is 32.6 Å². The third kappa shape index (κ3) is 3.98. The molecule has 0 unspecified atom stereocenters. The molecule has 5 heteroatoms. The summed E-state index contributed by atoms with van der Waals surface area (Å²) >= 11 is 0. The van der Waals surface area contributed by atoms with Gasteiger partial charge in [0, 0.05) is 5.75 Å². The number of hydrogen-bond acceptors (Lipinski definition) is 3. The van der Waals surface area contributed by atoms with Crippen LogP contribution in [0.25, 0.3) is 0 Å². The Morgan fingerprint density at radius 3 is 2.12 bits per heavy atom. The highest BCUT2D eigenvalue weighted by atomic mass is 32.2. The second-order valence-electron chi connectivity index (χ2n) is 4.99. The zero-order chi connectivity index (χ0) is 12.9. The van der Waals surface area contributed by atoms with Gasteiger partial charge >= 0.3 is 5.97 Å². The molecule has 0 heterocycles. The van der Waals surface area contributed by atoms with E-state index in [-0.39, 0.29) is 17.9 Å². The van der Waals surface area contributed by atoms with Crippen molar-refractivity contribution in [2.45, 2.75) is 51.9 Å². The fourth-order valence-electron chi connectivity index (χ4n) is 2.47. The van der Waals surface area contributed by atoms with Crippen LogP contribution in [0.1, 0.15) is 51.9 Å². The summed E-state index contributed by atoms with van der Waals surface area (Å²) in [7, 11) is -3.07. The molecular weight excluding hydrogens is 240 g/mol. The van der Waals surface area contributed by atoms with Gasteiger partial charge in [0.25, 0.3) is 0 Å². The first-order valence-corrected chi connectivity index (χ1v) is 8.18. The van der Waals surface area contributed by atoms with Crippen molar-refractivity contribution in [3.05, 3.63) is 0 Å². The second kappa shape index (κ2) is 5.85. The van der Waals surface area contributed by atoms with Crippen molar-refractivity contribution in [2.75, 3.05) is 11.5 Å². The molecule has 0 spiro atoms. The predicted molar refractivity (Wildman–Crippen MR) is 66.7 cm³/mol. The normalized spacial score (nSPS) is 20.8. The van der Waals surface area contributed by atoms with Crippen LogP contribution in [-0.2, 0) is 14.6 Å². The number of aliphatic carboxylic acids is 1. The molecule has 1 aliphatic rings. The first-order chi connectivity index (χ1) is 7.92. The van der Waals surface area contributed by atoms with E-state index in [2.05, 4.69) is 0 Å². The van der Waals surface area contributed by atoms with Gasteiger partial charge in [0.15, 0.2) is 0 Å². The summed E-state index contributed by atoms with van der Waals surface area (Å²) < 4.78 is 23.0. The molecule has 1 fully saturated rings. The Kier molecular flexibility index (Phi) is 4.98. The van der Waals surface area contributed by atoms with Gasteiger partial charge in [0.05, 0.1) is 11.2 Å². The Hall–Kier alpha value is -0.580. The molecule has 1 saturated carbocycles.